The molecule has 0 amide bonds. The minimum Gasteiger partial charge on any atom is -1.00 e. The highest BCUT2D eigenvalue weighted by molar-refractivity contribution is 9.10. The maximum atomic E-state index is 5.36. The Kier molecular flexibility index (Phi) is 20.0. The number of nitrogens with zero attached hydrogens (tertiary/aromatic N) is 4. The highest BCUT2D eigenvalue weighted by atomic mass is 127. The van der Waals surface area contributed by atoms with Crippen LogP contribution in [-0.2, 0) is 0 Å². The number of nitrogens with two attached hydrogens (primary N) is 1. The molecule has 0 bridgehead atoms. The van der Waals surface area contributed by atoms with E-state index < -0.39 is 8.07 Å². The zero-order chi connectivity index (χ0) is 77.5. The molecule has 23 aromatic rings. The summed E-state index contributed by atoms with van der Waals surface area (Å²) in [6.45, 7) is 0. The maximum Gasteiger partial charge on any atom is 0.179 e. The molecule has 23 rings (SSSR count). The summed E-state index contributed by atoms with van der Waals surface area (Å²) in [5.41, 5.74) is 25.2. The Balaban J connectivity index is 0.000000128. The van der Waals surface area contributed by atoms with E-state index in [0.717, 1.165) is 38.6 Å². The first-order chi connectivity index (χ1) is 57.4. The van der Waals surface area contributed by atoms with Crippen molar-refractivity contribution < 1.29 is 24.0 Å². The molecule has 0 fully saturated rings. The van der Waals surface area contributed by atoms with Gasteiger partial charge in [0.15, 0.2) is 8.07 Å². The number of hydrogen-bond donors (Lipinski definition) is 2. The molecule has 3 heterocycles. The molecular weight excluding hydrogens is 1620 g/mol. The van der Waals surface area contributed by atoms with Gasteiger partial charge in [-0.15, -0.1) is 0 Å². The van der Waals surface area contributed by atoms with Crippen molar-refractivity contribution in [2.45, 2.75) is 0 Å². The van der Waals surface area contributed by atoms with Crippen LogP contribution < -0.4 is 60.7 Å². The monoisotopic (exact) mass is 1690 g/mol. The second-order valence-electron chi connectivity index (χ2n) is 29.5. The van der Waals surface area contributed by atoms with Crippen molar-refractivity contribution >= 4 is 177 Å². The van der Waals surface area contributed by atoms with Crippen LogP contribution in [0.15, 0.2) is 453 Å². The third-order valence-corrected chi connectivity index (χ3v) is 28.3. The fourth-order valence-corrected chi connectivity index (χ4v) is 23.0. The summed E-state index contributed by atoms with van der Waals surface area (Å²) in [4.78, 5) is 2.41. The zero-order valence-electron chi connectivity index (χ0n) is 63.8. The molecule has 0 atom stereocenters. The lowest BCUT2D eigenvalue weighted by atomic mass is 9.99. The summed E-state index contributed by atoms with van der Waals surface area (Å²) in [6, 6.07) is 161. The summed E-state index contributed by atoms with van der Waals surface area (Å²) in [6.07, 6.45) is 0. The van der Waals surface area contributed by atoms with E-state index in [9.17, 15) is 0 Å². The number of nitrogens with one attached hydrogen (secondary N) is 1. The van der Waals surface area contributed by atoms with Crippen LogP contribution in [0, 0.1) is 0 Å². The van der Waals surface area contributed by atoms with Gasteiger partial charge >= 0.3 is 0 Å². The van der Waals surface area contributed by atoms with Gasteiger partial charge in [-0.1, -0.05) is 325 Å². The standard InChI is InChI=1S/C56H40N2Si.C26H18N2.C20H12BrN.C6H7N.HI/c1-6-18-44(19-7-1)57(52-39-40-54-56-51(52)38-33-43-17-16-28-53(55(43)56)58(54)45-20-8-2-9-21-45)46-34-29-41(30-35-46)42-31-36-50(37-32-42)59(47-22-10-3-11-23-47,48-24-12-4-13-25-48)49-26-14-5-15-27-49;1-3-9-19(10-4-1)27-22-16-17-24-26-21(22)15-14-18-8-7-13-23(25(18)26)28(24)20-11-5-2-6-12-20;21-16-11-12-18-20-15(16)10-9-13-5-4-8-17(19(13)20)22(18)14-6-2-1-3-7-14;7-6-4-2-1-3-5-6;/h1-40H;1-17,27H;1-12H;1-5H,7H2;1H/p-1. The molecule has 3 N–H and O–H groups in total. The van der Waals surface area contributed by atoms with Crippen molar-refractivity contribution in [1.82, 2.24) is 13.7 Å². The van der Waals surface area contributed by atoms with Gasteiger partial charge < -0.3 is 53.6 Å². The summed E-state index contributed by atoms with van der Waals surface area (Å²) in [7, 11) is -2.60. The van der Waals surface area contributed by atoms with Crippen molar-refractivity contribution in [1.29, 1.82) is 0 Å². The second kappa shape index (κ2) is 31.9. The van der Waals surface area contributed by atoms with Crippen molar-refractivity contribution in [3.05, 3.63) is 453 Å². The van der Waals surface area contributed by atoms with E-state index in [1.54, 1.807) is 0 Å². The van der Waals surface area contributed by atoms with Gasteiger partial charge in [0.25, 0.3) is 0 Å². The molecule has 117 heavy (non-hydrogen) atoms. The van der Waals surface area contributed by atoms with E-state index in [4.69, 9.17) is 5.73 Å². The largest absolute Gasteiger partial charge is 1.00 e. The number of benzene rings is 20. The number of nitrogen functional groups attached to an aromatic ring is 1. The minimum atomic E-state index is -2.60. The number of halogens is 2. The van der Waals surface area contributed by atoms with E-state index in [1.807, 2.05) is 36.4 Å². The molecule has 0 aliphatic carbocycles. The van der Waals surface area contributed by atoms with Crippen LogP contribution in [0.4, 0.5) is 34.1 Å². The van der Waals surface area contributed by atoms with E-state index in [2.05, 4.69) is 452 Å². The summed E-state index contributed by atoms with van der Waals surface area (Å²) in [5, 5.41) is 24.6. The smallest absolute Gasteiger partial charge is 0.179 e. The lowest BCUT2D eigenvalue weighted by molar-refractivity contribution is -0.0000213. The van der Waals surface area contributed by atoms with Crippen LogP contribution in [0.1, 0.15) is 0 Å². The molecule has 558 valence electrons. The van der Waals surface area contributed by atoms with E-state index in [1.165, 1.54) is 147 Å². The number of anilines is 6. The highest BCUT2D eigenvalue weighted by Crippen LogP contribution is 2.48. The minimum absolute atomic E-state index is 0. The average molecular weight is 1690 g/mol. The molecular formula is C108H77BrIN6Si-. The predicted molar refractivity (Wildman–Crippen MR) is 500 cm³/mol. The van der Waals surface area contributed by atoms with Crippen molar-refractivity contribution in [3.8, 4) is 28.2 Å². The predicted octanol–water partition coefficient (Wildman–Crippen LogP) is 23.4. The fraction of sp³-hybridized carbons (Fsp3) is 0. The van der Waals surface area contributed by atoms with Gasteiger partial charge in [0, 0.05) is 93.1 Å². The Morgan fingerprint density at radius 3 is 1.03 bits per heavy atom. The SMILES string of the molecule is Brc1ccc2c3c1ccc1cccc(c13)n2-c1ccccc1.Nc1ccccc1.[I-].c1ccc(N(c2ccc(-c3ccc([Si](c4ccccc4)(c4ccccc4)c4ccccc4)cc3)cc2)c2ccc3c4c2ccc2cccc(c24)n3-c2ccccc2)cc1.c1ccc(Nc2ccc3c4c2ccc2cccc(c24)n3-c2ccccc2)cc1. The Labute approximate surface area is 706 Å². The van der Waals surface area contributed by atoms with Crippen molar-refractivity contribution in [3.63, 3.8) is 0 Å². The second-order valence-corrected chi connectivity index (χ2v) is 34.1. The van der Waals surface area contributed by atoms with Gasteiger partial charge in [-0.3, -0.25) is 0 Å². The van der Waals surface area contributed by atoms with Gasteiger partial charge in [-0.05, 0) is 193 Å². The van der Waals surface area contributed by atoms with E-state index in [0.29, 0.717) is 0 Å². The normalized spacial score (nSPS) is 11.4. The first-order valence-corrected chi connectivity index (χ1v) is 42.2. The molecule has 0 saturated heterocycles. The van der Waals surface area contributed by atoms with Gasteiger partial charge in [0.1, 0.15) is 0 Å². The molecule has 0 radical (unpaired) electrons. The first kappa shape index (κ1) is 73.4. The van der Waals surface area contributed by atoms with Gasteiger partial charge in [0.05, 0.1) is 38.8 Å². The molecule has 0 unspecified atom stereocenters. The third kappa shape index (κ3) is 13.3. The highest BCUT2D eigenvalue weighted by Gasteiger charge is 2.41. The van der Waals surface area contributed by atoms with Gasteiger partial charge in [-0.2, -0.15) is 0 Å². The van der Waals surface area contributed by atoms with Crippen LogP contribution >= 0.6 is 15.9 Å². The Morgan fingerprint density at radius 2 is 0.590 bits per heavy atom. The fourth-order valence-electron chi connectivity index (χ4n) is 17.8. The lowest BCUT2D eigenvalue weighted by Gasteiger charge is -2.34. The van der Waals surface area contributed by atoms with Gasteiger partial charge in [0.2, 0.25) is 0 Å². The van der Waals surface area contributed by atoms with E-state index in [-0.39, 0.29) is 24.0 Å². The topological polar surface area (TPSA) is 56.1 Å². The molecule has 9 heteroatoms. The number of aromatic nitrogens is 3. The molecule has 0 aliphatic heterocycles. The van der Waals surface area contributed by atoms with Crippen LogP contribution in [0.2, 0.25) is 0 Å². The Hall–Kier alpha value is -13.8. The van der Waals surface area contributed by atoms with E-state index >= 15 is 0 Å². The molecule has 3 aromatic heterocycles. The summed E-state index contributed by atoms with van der Waals surface area (Å²) in [5.74, 6) is 0. The number of rotatable bonds is 13. The van der Waals surface area contributed by atoms with Crippen LogP contribution in [0.5, 0.6) is 0 Å². The van der Waals surface area contributed by atoms with Gasteiger partial charge in [-0.25, -0.2) is 0 Å². The average Bonchev–Trinajstić information content (AvgIpc) is 1.65. The van der Waals surface area contributed by atoms with Crippen molar-refractivity contribution in [2.75, 3.05) is 16.0 Å². The van der Waals surface area contributed by atoms with Crippen LogP contribution in [0.25, 0.3) is 126 Å². The maximum absolute atomic E-state index is 5.36. The third-order valence-electron chi connectivity index (χ3n) is 22.9. The molecule has 6 nitrogen and oxygen atoms in total. The molecule has 0 aliphatic rings. The Morgan fingerprint density at radius 1 is 0.256 bits per heavy atom. The Bertz CT molecular complexity index is 7220. The first-order valence-electron chi connectivity index (χ1n) is 39.4. The molecule has 20 aromatic carbocycles. The number of para-hydroxylation sites is 6. The molecule has 0 spiro atoms. The quantitative estimate of drug-likeness (QED) is 0.0398. The zero-order valence-corrected chi connectivity index (χ0v) is 68.6. The molecule has 0 saturated carbocycles. The lowest BCUT2D eigenvalue weighted by Crippen LogP contribution is -3.00. The van der Waals surface area contributed by atoms with Crippen LogP contribution in [-0.4, -0.2) is 21.8 Å². The van der Waals surface area contributed by atoms with Crippen LogP contribution in [0.3, 0.4) is 0 Å². The summed E-state index contributed by atoms with van der Waals surface area (Å²) < 4.78 is 8.29. The summed E-state index contributed by atoms with van der Waals surface area (Å²) >= 11 is 3.70. The van der Waals surface area contributed by atoms with Crippen molar-refractivity contribution in [2.24, 2.45) is 0 Å². The number of hydrogen-bond acceptors (Lipinski definition) is 3.